The number of carbonyl (C=O) groups excluding carboxylic acids is 1. The molecular weight excluding hydrogens is 334 g/mol. The van der Waals surface area contributed by atoms with Crippen molar-refractivity contribution in [3.8, 4) is 0 Å². The van der Waals surface area contributed by atoms with Crippen LogP contribution in [0, 0.1) is 11.8 Å². The van der Waals surface area contributed by atoms with E-state index in [1.54, 1.807) is 6.92 Å². The molecule has 154 valence electrons. The molecule has 1 fully saturated rings. The van der Waals surface area contributed by atoms with Crippen LogP contribution in [-0.2, 0) is 9.53 Å². The molecule has 1 aliphatic rings. The number of ether oxygens (including phenoxy) is 1. The summed E-state index contributed by atoms with van der Waals surface area (Å²) in [5, 5.41) is 32.0. The first-order valence-corrected chi connectivity index (χ1v) is 9.99. The third-order valence-corrected chi connectivity index (χ3v) is 5.88. The average molecular weight is 374 g/mol. The number of aliphatic hydroxyl groups excluding tert-OH is 2. The Morgan fingerprint density at radius 2 is 1.85 bits per heavy atom. The molecule has 1 aliphatic heterocycles. The monoisotopic (exact) mass is 373 g/mol. The van der Waals surface area contributed by atoms with Crippen molar-refractivity contribution in [2.24, 2.45) is 11.8 Å². The zero-order valence-corrected chi connectivity index (χ0v) is 17.3. The Labute approximate surface area is 158 Å². The van der Waals surface area contributed by atoms with Gasteiger partial charge in [0.1, 0.15) is 17.8 Å². The Morgan fingerprint density at radius 1 is 1.23 bits per heavy atom. The molecule has 0 aromatic rings. The van der Waals surface area contributed by atoms with E-state index in [9.17, 15) is 20.1 Å². The fourth-order valence-corrected chi connectivity index (χ4v) is 3.88. The lowest BCUT2D eigenvalue weighted by Gasteiger charge is -2.41. The van der Waals surface area contributed by atoms with Gasteiger partial charge in [-0.2, -0.15) is 0 Å². The second-order valence-electron chi connectivity index (χ2n) is 8.51. The molecule has 7 atom stereocenters. The van der Waals surface area contributed by atoms with Crippen LogP contribution in [0.25, 0.3) is 0 Å². The molecule has 1 rings (SSSR count). The lowest BCUT2D eigenvalue weighted by atomic mass is 9.86. The minimum atomic E-state index is -1.54. The number of carbonyl (C=O) groups is 1. The Kier molecular flexibility index (Phi) is 9.00. The Morgan fingerprint density at radius 3 is 2.42 bits per heavy atom. The summed E-state index contributed by atoms with van der Waals surface area (Å²) in [6.07, 6.45) is 0.943. The largest absolute Gasteiger partial charge is 0.459 e. The second kappa shape index (κ2) is 10.0. The molecule has 3 N–H and O–H groups in total. The van der Waals surface area contributed by atoms with E-state index < -0.39 is 23.9 Å². The quantitative estimate of drug-likeness (QED) is 0.609. The zero-order chi connectivity index (χ0) is 20.1. The highest BCUT2D eigenvalue weighted by Crippen LogP contribution is 2.27. The molecule has 0 aromatic carbocycles. The second-order valence-corrected chi connectivity index (χ2v) is 8.51. The van der Waals surface area contributed by atoms with Crippen molar-refractivity contribution in [3.05, 3.63) is 0 Å². The van der Waals surface area contributed by atoms with E-state index in [0.717, 1.165) is 6.42 Å². The van der Waals surface area contributed by atoms with Crippen LogP contribution >= 0.6 is 0 Å². The van der Waals surface area contributed by atoms with Gasteiger partial charge in [0.2, 0.25) is 0 Å². The van der Waals surface area contributed by atoms with E-state index in [1.165, 1.54) is 0 Å². The minimum absolute atomic E-state index is 0.261. The first-order valence-electron chi connectivity index (χ1n) is 9.99. The molecule has 0 bridgehead atoms. The van der Waals surface area contributed by atoms with Crippen molar-refractivity contribution in [2.45, 2.75) is 96.7 Å². The molecule has 0 aromatic heterocycles. The van der Waals surface area contributed by atoms with Gasteiger partial charge < -0.3 is 25.0 Å². The Bertz CT molecular complexity index is 442. The number of likely N-dealkylation sites (N-methyl/N-ethyl adjacent to an activating group) is 1. The smallest absolute Gasteiger partial charge is 0.309 e. The van der Waals surface area contributed by atoms with E-state index >= 15 is 0 Å². The molecule has 0 aliphatic carbocycles. The molecule has 1 heterocycles. The van der Waals surface area contributed by atoms with Crippen LogP contribution in [0.5, 0.6) is 0 Å². The van der Waals surface area contributed by atoms with Crippen LogP contribution in [0.15, 0.2) is 0 Å². The normalized spacial score (nSPS) is 42.6. The molecule has 6 nitrogen and oxygen atoms in total. The maximum absolute atomic E-state index is 12.4. The van der Waals surface area contributed by atoms with Gasteiger partial charge in [0.15, 0.2) is 0 Å². The van der Waals surface area contributed by atoms with Crippen molar-refractivity contribution in [1.82, 2.24) is 4.90 Å². The minimum Gasteiger partial charge on any atom is -0.459 e. The summed E-state index contributed by atoms with van der Waals surface area (Å²) >= 11 is 0. The predicted octanol–water partition coefficient (Wildman–Crippen LogP) is 1.95. The van der Waals surface area contributed by atoms with Gasteiger partial charge in [-0.1, -0.05) is 27.2 Å². The van der Waals surface area contributed by atoms with Gasteiger partial charge in [-0.25, -0.2) is 0 Å². The number of hydrogen-bond acceptors (Lipinski definition) is 6. The third-order valence-electron chi connectivity index (χ3n) is 5.88. The molecule has 0 radical (unpaired) electrons. The van der Waals surface area contributed by atoms with Crippen LogP contribution in [0.2, 0.25) is 0 Å². The molecule has 0 spiro atoms. The molecule has 1 saturated heterocycles. The fraction of sp³-hybridized carbons (Fsp3) is 0.950. The molecule has 6 heteroatoms. The summed E-state index contributed by atoms with van der Waals surface area (Å²) in [7, 11) is 1.90. The average Bonchev–Trinajstić information content (AvgIpc) is 2.56. The molecule has 1 unspecified atom stereocenters. The Balaban J connectivity index is 3.06. The van der Waals surface area contributed by atoms with Crippen LogP contribution in [0.3, 0.4) is 0 Å². The first-order chi connectivity index (χ1) is 12.0. The third kappa shape index (κ3) is 6.19. The Hall–Kier alpha value is -0.690. The predicted molar refractivity (Wildman–Crippen MR) is 102 cm³/mol. The van der Waals surface area contributed by atoms with Crippen LogP contribution in [0.1, 0.15) is 66.7 Å². The standard InChI is InChI=1S/C20H39NO5/c1-7-17-20(5,25)18(23)15(4)21(6)12-13(2)11-16(22)10-8-9-14(3)19(24)26-17/h13-18,22-23,25H,7-12H2,1-6H3/t13-,14-,15-,16+,17-,18-,20?/m1/s1. The highest BCUT2D eigenvalue weighted by Gasteiger charge is 2.44. The van der Waals surface area contributed by atoms with Crippen molar-refractivity contribution in [3.63, 3.8) is 0 Å². The van der Waals surface area contributed by atoms with E-state index in [0.29, 0.717) is 32.2 Å². The number of rotatable bonds is 1. The summed E-state index contributed by atoms with van der Waals surface area (Å²) < 4.78 is 5.58. The van der Waals surface area contributed by atoms with Gasteiger partial charge in [0.25, 0.3) is 0 Å². The van der Waals surface area contributed by atoms with Gasteiger partial charge in [-0.3, -0.25) is 4.79 Å². The first kappa shape index (κ1) is 23.3. The van der Waals surface area contributed by atoms with Gasteiger partial charge in [-0.15, -0.1) is 0 Å². The van der Waals surface area contributed by atoms with Crippen LogP contribution in [0.4, 0.5) is 0 Å². The molecule has 0 saturated carbocycles. The van der Waals surface area contributed by atoms with Gasteiger partial charge in [0, 0.05) is 12.6 Å². The molecule has 0 amide bonds. The van der Waals surface area contributed by atoms with Crippen molar-refractivity contribution < 1.29 is 24.9 Å². The number of aliphatic hydroxyl groups is 3. The van der Waals surface area contributed by atoms with Gasteiger partial charge in [0.05, 0.1) is 12.0 Å². The van der Waals surface area contributed by atoms with Crippen LogP contribution < -0.4 is 0 Å². The number of hydrogen-bond donors (Lipinski definition) is 3. The summed E-state index contributed by atoms with van der Waals surface area (Å²) in [6, 6.07) is -0.320. The van der Waals surface area contributed by atoms with Gasteiger partial charge >= 0.3 is 5.97 Å². The zero-order valence-electron chi connectivity index (χ0n) is 17.3. The summed E-state index contributed by atoms with van der Waals surface area (Å²) in [5.41, 5.74) is -1.54. The van der Waals surface area contributed by atoms with E-state index in [-0.39, 0.29) is 23.8 Å². The van der Waals surface area contributed by atoms with Crippen LogP contribution in [-0.4, -0.2) is 69.7 Å². The number of esters is 1. The molecular formula is C20H39NO5. The summed E-state index contributed by atoms with van der Waals surface area (Å²) in [4.78, 5) is 14.4. The fourth-order valence-electron chi connectivity index (χ4n) is 3.88. The topological polar surface area (TPSA) is 90.2 Å². The summed E-state index contributed by atoms with van der Waals surface area (Å²) in [5.74, 6) is -0.396. The number of cyclic esters (lactones) is 1. The SMILES string of the molecule is CC[C@H]1OC(=O)[C@H](C)CCC[C@H](O)C[C@@H](C)CN(C)[C@H](C)[C@@H](O)C1(C)O. The van der Waals surface area contributed by atoms with E-state index in [2.05, 4.69) is 6.92 Å². The number of nitrogens with zero attached hydrogens (tertiary/aromatic N) is 1. The lowest BCUT2D eigenvalue weighted by molar-refractivity contribution is -0.189. The van der Waals surface area contributed by atoms with E-state index in [4.69, 9.17) is 4.74 Å². The van der Waals surface area contributed by atoms with Crippen molar-refractivity contribution >= 4 is 5.97 Å². The molecule has 26 heavy (non-hydrogen) atoms. The van der Waals surface area contributed by atoms with Crippen molar-refractivity contribution in [1.29, 1.82) is 0 Å². The van der Waals surface area contributed by atoms with Crippen molar-refractivity contribution in [2.75, 3.05) is 13.6 Å². The van der Waals surface area contributed by atoms with E-state index in [1.807, 2.05) is 32.7 Å². The summed E-state index contributed by atoms with van der Waals surface area (Å²) in [6.45, 7) is 9.84. The highest BCUT2D eigenvalue weighted by molar-refractivity contribution is 5.72. The maximum Gasteiger partial charge on any atom is 0.309 e. The maximum atomic E-state index is 12.4. The van der Waals surface area contributed by atoms with Gasteiger partial charge in [-0.05, 0) is 52.5 Å². The lowest BCUT2D eigenvalue weighted by Crippen LogP contribution is -2.58. The highest BCUT2D eigenvalue weighted by atomic mass is 16.6.